The number of rotatable bonds is 6. The Balaban J connectivity index is 1.75. The SMILES string of the molecule is CN(c1ccccc1)P1(=S)N(c2ccccc2)P(=S)(N(C)c2ccccc2)N1c1ccccc1. The summed E-state index contributed by atoms with van der Waals surface area (Å²) in [6.45, 7) is -5.06. The van der Waals surface area contributed by atoms with Gasteiger partial charge >= 0.3 is 0 Å². The zero-order valence-corrected chi connectivity index (χ0v) is 22.5. The fourth-order valence-electron chi connectivity index (χ4n) is 4.25. The monoisotopic (exact) mass is 520 g/mol. The Bertz CT molecular complexity index is 1230. The summed E-state index contributed by atoms with van der Waals surface area (Å²) in [5.74, 6) is 0. The molecule has 8 heteroatoms. The zero-order chi connectivity index (χ0) is 23.8. The molecule has 0 radical (unpaired) electrons. The third-order valence-corrected chi connectivity index (χ3v) is 18.8. The molecule has 0 amide bonds. The second kappa shape index (κ2) is 9.20. The molecule has 0 spiro atoms. The minimum Gasteiger partial charge on any atom is -0.315 e. The predicted octanol–water partition coefficient (Wildman–Crippen LogP) is 7.74. The molecule has 172 valence electrons. The van der Waals surface area contributed by atoms with Crippen LogP contribution in [-0.4, -0.2) is 14.1 Å². The molecule has 0 N–H and O–H groups in total. The molecule has 0 atom stereocenters. The van der Waals surface area contributed by atoms with E-state index in [1.165, 1.54) is 0 Å². The van der Waals surface area contributed by atoms with Gasteiger partial charge in [0.25, 0.3) is 0 Å². The van der Waals surface area contributed by atoms with Crippen molar-refractivity contribution in [2.45, 2.75) is 0 Å². The molecule has 1 fully saturated rings. The number of anilines is 4. The first-order valence-electron chi connectivity index (χ1n) is 11.0. The Morgan fingerprint density at radius 2 is 0.735 bits per heavy atom. The van der Waals surface area contributed by atoms with Crippen molar-refractivity contribution < 1.29 is 0 Å². The van der Waals surface area contributed by atoms with Gasteiger partial charge in [-0.15, -0.1) is 0 Å². The number of benzene rings is 4. The van der Waals surface area contributed by atoms with Gasteiger partial charge in [-0.3, -0.25) is 0 Å². The molecule has 0 aromatic heterocycles. The number of nitrogens with zero attached hydrogens (tertiary/aromatic N) is 4. The lowest BCUT2D eigenvalue weighted by molar-refractivity contribution is 1.21. The summed E-state index contributed by atoms with van der Waals surface area (Å²) < 4.78 is 9.26. The highest BCUT2D eigenvalue weighted by atomic mass is 32.5. The van der Waals surface area contributed by atoms with Crippen LogP contribution in [0.25, 0.3) is 0 Å². The smallest absolute Gasteiger partial charge is 0.231 e. The highest BCUT2D eigenvalue weighted by Crippen LogP contribution is 2.89. The largest absolute Gasteiger partial charge is 0.315 e. The van der Waals surface area contributed by atoms with Gasteiger partial charge in [0, 0.05) is 25.5 Å². The highest BCUT2D eigenvalue weighted by molar-refractivity contribution is 8.37. The predicted molar refractivity (Wildman–Crippen MR) is 156 cm³/mol. The normalized spacial score (nSPS) is 21.6. The first-order valence-corrected chi connectivity index (χ1v) is 16.3. The molecule has 1 aliphatic rings. The zero-order valence-electron chi connectivity index (χ0n) is 19.0. The van der Waals surface area contributed by atoms with Crippen LogP contribution in [0.15, 0.2) is 121 Å². The van der Waals surface area contributed by atoms with Crippen LogP contribution >= 0.6 is 13.0 Å². The Hall–Kier alpha value is -2.62. The van der Waals surface area contributed by atoms with Crippen LogP contribution in [0.3, 0.4) is 0 Å². The van der Waals surface area contributed by atoms with Crippen LogP contribution in [0.4, 0.5) is 22.7 Å². The van der Waals surface area contributed by atoms with Gasteiger partial charge in [0.1, 0.15) is 0 Å². The average molecular weight is 521 g/mol. The third-order valence-electron chi connectivity index (χ3n) is 6.00. The summed E-state index contributed by atoms with van der Waals surface area (Å²) in [6, 6.07) is 41.6. The summed E-state index contributed by atoms with van der Waals surface area (Å²) in [7, 11) is 4.20. The maximum Gasteiger partial charge on any atom is 0.231 e. The van der Waals surface area contributed by atoms with Crippen molar-refractivity contribution in [3.05, 3.63) is 121 Å². The topological polar surface area (TPSA) is 13.0 Å². The second-order valence-corrected chi connectivity index (χ2v) is 16.4. The fourth-order valence-corrected chi connectivity index (χ4v) is 18.7. The molecule has 0 bridgehead atoms. The van der Waals surface area contributed by atoms with E-state index in [1.54, 1.807) is 0 Å². The molecule has 1 aliphatic heterocycles. The van der Waals surface area contributed by atoms with Gasteiger partial charge in [0.2, 0.25) is 13.0 Å². The lowest BCUT2D eigenvalue weighted by Crippen LogP contribution is -2.53. The minimum atomic E-state index is -2.53. The molecule has 4 aromatic carbocycles. The molecular weight excluding hydrogens is 494 g/mol. The van der Waals surface area contributed by atoms with Gasteiger partial charge in [-0.25, -0.2) is 8.88 Å². The molecule has 4 nitrogen and oxygen atoms in total. The molecule has 0 aliphatic carbocycles. The third kappa shape index (κ3) is 3.57. The van der Waals surface area contributed by atoms with Gasteiger partial charge in [0.15, 0.2) is 0 Å². The van der Waals surface area contributed by atoms with E-state index >= 15 is 0 Å². The summed E-state index contributed by atoms with van der Waals surface area (Å²) in [5, 5.41) is 0. The van der Waals surface area contributed by atoms with Crippen molar-refractivity contribution in [2.75, 3.05) is 32.3 Å². The standard InChI is InChI=1S/C26H26N4P2S2/c1-27(23-15-7-3-8-16-23)31(33)29(25-19-11-5-12-20-25)32(34,28(2)24-17-9-4-10-18-24)30(31)26-21-13-6-14-22-26/h3-22H,1-2H3. The van der Waals surface area contributed by atoms with Crippen LogP contribution in [0, 0.1) is 0 Å². The lowest BCUT2D eigenvalue weighted by Gasteiger charge is -2.67. The summed E-state index contributed by atoms with van der Waals surface area (Å²) in [4.78, 5) is 0. The fraction of sp³-hybridized carbons (Fsp3) is 0.0769. The molecule has 0 saturated carbocycles. The van der Waals surface area contributed by atoms with Gasteiger partial charge in [-0.1, -0.05) is 72.8 Å². The minimum absolute atomic E-state index is 1.06. The van der Waals surface area contributed by atoms with Crippen LogP contribution in [-0.2, 0) is 23.6 Å². The molecule has 0 unspecified atom stereocenters. The van der Waals surface area contributed by atoms with Gasteiger partial charge in [0.05, 0.1) is 11.4 Å². The summed E-state index contributed by atoms with van der Waals surface area (Å²) in [5.41, 5.74) is 4.28. The van der Waals surface area contributed by atoms with Gasteiger partial charge in [-0.2, -0.15) is 0 Å². The van der Waals surface area contributed by atoms with Crippen molar-refractivity contribution in [3.63, 3.8) is 0 Å². The van der Waals surface area contributed by atoms with E-state index in [2.05, 4.69) is 129 Å². The Labute approximate surface area is 212 Å². The average Bonchev–Trinajstić information content (AvgIpc) is 2.89. The van der Waals surface area contributed by atoms with E-state index in [0.29, 0.717) is 0 Å². The van der Waals surface area contributed by atoms with Crippen molar-refractivity contribution in [2.24, 2.45) is 0 Å². The highest BCUT2D eigenvalue weighted by Gasteiger charge is 2.62. The maximum atomic E-state index is 6.68. The Kier molecular flexibility index (Phi) is 6.26. The van der Waals surface area contributed by atoms with E-state index in [0.717, 1.165) is 22.7 Å². The number of hydrogen-bond acceptors (Lipinski definition) is 2. The Morgan fingerprint density at radius 1 is 0.471 bits per heavy atom. The number of hydrogen-bond donors (Lipinski definition) is 0. The van der Waals surface area contributed by atoms with Gasteiger partial charge in [-0.05, 0) is 72.1 Å². The van der Waals surface area contributed by atoms with Crippen molar-refractivity contribution in [3.8, 4) is 0 Å². The second-order valence-electron chi connectivity index (χ2n) is 7.99. The number of para-hydroxylation sites is 4. The molecular formula is C26H26N4P2S2. The van der Waals surface area contributed by atoms with E-state index in [9.17, 15) is 0 Å². The van der Waals surface area contributed by atoms with Crippen LogP contribution in [0.5, 0.6) is 0 Å². The van der Waals surface area contributed by atoms with E-state index in [4.69, 9.17) is 23.6 Å². The van der Waals surface area contributed by atoms with Crippen LogP contribution in [0.1, 0.15) is 0 Å². The first-order chi connectivity index (χ1) is 16.5. The van der Waals surface area contributed by atoms with Crippen molar-refractivity contribution in [1.82, 2.24) is 0 Å². The molecule has 1 saturated heterocycles. The molecule has 4 aromatic rings. The first kappa shape index (κ1) is 23.1. The lowest BCUT2D eigenvalue weighted by atomic mass is 10.3. The maximum absolute atomic E-state index is 6.68. The van der Waals surface area contributed by atoms with E-state index in [-0.39, 0.29) is 0 Å². The quantitative estimate of drug-likeness (QED) is 0.240. The van der Waals surface area contributed by atoms with E-state index < -0.39 is 13.0 Å². The van der Waals surface area contributed by atoms with Crippen molar-refractivity contribution >= 4 is 59.3 Å². The van der Waals surface area contributed by atoms with Gasteiger partial charge < -0.3 is 9.34 Å². The van der Waals surface area contributed by atoms with E-state index in [1.807, 2.05) is 24.3 Å². The molecule has 1 heterocycles. The summed E-state index contributed by atoms with van der Waals surface area (Å²) >= 11 is 13.4. The molecule has 34 heavy (non-hydrogen) atoms. The van der Waals surface area contributed by atoms with Crippen LogP contribution < -0.4 is 18.2 Å². The Morgan fingerprint density at radius 3 is 1.03 bits per heavy atom. The van der Waals surface area contributed by atoms with Crippen molar-refractivity contribution in [1.29, 1.82) is 0 Å². The molecule has 5 rings (SSSR count). The van der Waals surface area contributed by atoms with Crippen LogP contribution in [0.2, 0.25) is 0 Å². The summed E-state index contributed by atoms with van der Waals surface area (Å²) in [6.07, 6.45) is 0.